The van der Waals surface area contributed by atoms with Crippen molar-refractivity contribution >= 4 is 23.4 Å². The largest absolute Gasteiger partial charge is 0.490 e. The van der Waals surface area contributed by atoms with Crippen LogP contribution in [0, 0.1) is 0 Å². The van der Waals surface area contributed by atoms with E-state index in [4.69, 9.17) is 26.1 Å². The van der Waals surface area contributed by atoms with Crippen LogP contribution in [0.25, 0.3) is 6.08 Å². The quantitative estimate of drug-likeness (QED) is 0.320. The molecule has 166 valence electrons. The van der Waals surface area contributed by atoms with Crippen molar-refractivity contribution in [1.82, 2.24) is 0 Å². The van der Waals surface area contributed by atoms with Gasteiger partial charge in [-0.05, 0) is 60.7 Å². The molecule has 0 aliphatic carbocycles. The SMILES string of the molecule is CCCCCOc1cc2c(cc1OCCCCC)C(/C=C/c1ccc(Cl)cc1)=NCC2. The van der Waals surface area contributed by atoms with Crippen molar-refractivity contribution in [2.45, 2.75) is 58.8 Å². The lowest BCUT2D eigenvalue weighted by molar-refractivity contribution is 0.259. The number of rotatable bonds is 12. The van der Waals surface area contributed by atoms with Gasteiger partial charge in [-0.1, -0.05) is 69.3 Å². The second kappa shape index (κ2) is 12.6. The maximum absolute atomic E-state index is 6.17. The van der Waals surface area contributed by atoms with E-state index in [-0.39, 0.29) is 0 Å². The molecule has 0 bridgehead atoms. The lowest BCUT2D eigenvalue weighted by Gasteiger charge is -2.20. The molecule has 1 heterocycles. The zero-order chi connectivity index (χ0) is 21.9. The van der Waals surface area contributed by atoms with Gasteiger partial charge >= 0.3 is 0 Å². The minimum absolute atomic E-state index is 0.713. The molecule has 0 saturated heterocycles. The Morgan fingerprint density at radius 1 is 0.871 bits per heavy atom. The summed E-state index contributed by atoms with van der Waals surface area (Å²) in [5.41, 5.74) is 4.51. The zero-order valence-electron chi connectivity index (χ0n) is 18.8. The van der Waals surface area contributed by atoms with E-state index < -0.39 is 0 Å². The second-order valence-electron chi connectivity index (χ2n) is 7.97. The summed E-state index contributed by atoms with van der Waals surface area (Å²) in [6.07, 6.45) is 12.0. The van der Waals surface area contributed by atoms with Crippen LogP contribution in [-0.4, -0.2) is 25.5 Å². The molecule has 0 atom stereocenters. The Morgan fingerprint density at radius 3 is 2.16 bits per heavy atom. The maximum Gasteiger partial charge on any atom is 0.161 e. The van der Waals surface area contributed by atoms with Gasteiger partial charge < -0.3 is 9.47 Å². The van der Waals surface area contributed by atoms with Crippen LogP contribution in [0.15, 0.2) is 47.5 Å². The molecule has 1 aliphatic heterocycles. The summed E-state index contributed by atoms with van der Waals surface area (Å²) in [6, 6.07) is 12.1. The fourth-order valence-electron chi connectivity index (χ4n) is 3.61. The summed E-state index contributed by atoms with van der Waals surface area (Å²) in [5, 5.41) is 0.744. The highest BCUT2D eigenvalue weighted by atomic mass is 35.5. The van der Waals surface area contributed by atoms with Gasteiger partial charge in [0.15, 0.2) is 11.5 Å². The monoisotopic (exact) mass is 439 g/mol. The van der Waals surface area contributed by atoms with Gasteiger partial charge in [0.25, 0.3) is 0 Å². The number of benzene rings is 2. The third-order valence-electron chi connectivity index (χ3n) is 5.42. The van der Waals surface area contributed by atoms with E-state index in [2.05, 4.69) is 38.1 Å². The summed E-state index contributed by atoms with van der Waals surface area (Å²) in [5.74, 6) is 1.70. The number of halogens is 1. The van der Waals surface area contributed by atoms with Crippen molar-refractivity contribution in [2.24, 2.45) is 4.99 Å². The second-order valence-corrected chi connectivity index (χ2v) is 8.41. The fourth-order valence-corrected chi connectivity index (χ4v) is 3.74. The van der Waals surface area contributed by atoms with E-state index in [1.54, 1.807) is 0 Å². The molecule has 0 saturated carbocycles. The van der Waals surface area contributed by atoms with Crippen LogP contribution >= 0.6 is 11.6 Å². The highest BCUT2D eigenvalue weighted by Gasteiger charge is 2.18. The number of hydrogen-bond donors (Lipinski definition) is 0. The molecule has 0 amide bonds. The van der Waals surface area contributed by atoms with Crippen molar-refractivity contribution in [3.05, 3.63) is 64.2 Å². The molecule has 1 aliphatic rings. The van der Waals surface area contributed by atoms with E-state index in [0.717, 1.165) is 65.8 Å². The van der Waals surface area contributed by atoms with Crippen LogP contribution < -0.4 is 9.47 Å². The normalized spacial score (nSPS) is 13.2. The Bertz CT molecular complexity index is 887. The lowest BCUT2D eigenvalue weighted by atomic mass is 9.96. The molecule has 0 N–H and O–H groups in total. The molecular weight excluding hydrogens is 406 g/mol. The van der Waals surface area contributed by atoms with Crippen molar-refractivity contribution in [1.29, 1.82) is 0 Å². The average molecular weight is 440 g/mol. The van der Waals surface area contributed by atoms with Crippen LogP contribution in [0.4, 0.5) is 0 Å². The minimum atomic E-state index is 0.713. The fraction of sp³-hybridized carbons (Fsp3) is 0.444. The van der Waals surface area contributed by atoms with Crippen molar-refractivity contribution in [3.8, 4) is 11.5 Å². The lowest BCUT2D eigenvalue weighted by Crippen LogP contribution is -2.13. The number of hydrogen-bond acceptors (Lipinski definition) is 3. The Hall–Kier alpha value is -2.26. The number of ether oxygens (including phenoxy) is 2. The first-order valence-electron chi connectivity index (χ1n) is 11.6. The highest BCUT2D eigenvalue weighted by molar-refractivity contribution is 6.30. The molecule has 0 unspecified atom stereocenters. The molecule has 3 rings (SSSR count). The summed E-state index contributed by atoms with van der Waals surface area (Å²) < 4.78 is 12.3. The summed E-state index contributed by atoms with van der Waals surface area (Å²) in [6.45, 7) is 6.65. The van der Waals surface area contributed by atoms with Gasteiger partial charge in [-0.15, -0.1) is 0 Å². The molecule has 3 nitrogen and oxygen atoms in total. The molecule has 0 fully saturated rings. The van der Waals surface area contributed by atoms with E-state index in [0.29, 0.717) is 6.61 Å². The Morgan fingerprint density at radius 2 is 1.52 bits per heavy atom. The van der Waals surface area contributed by atoms with Crippen molar-refractivity contribution in [2.75, 3.05) is 19.8 Å². The first-order valence-corrected chi connectivity index (χ1v) is 12.0. The highest BCUT2D eigenvalue weighted by Crippen LogP contribution is 2.34. The molecule has 0 radical (unpaired) electrons. The topological polar surface area (TPSA) is 30.8 Å². The van der Waals surface area contributed by atoms with Crippen molar-refractivity contribution < 1.29 is 9.47 Å². The van der Waals surface area contributed by atoms with Gasteiger partial charge in [-0.25, -0.2) is 0 Å². The predicted octanol–water partition coefficient (Wildman–Crippen LogP) is 7.54. The molecule has 0 spiro atoms. The molecule has 4 heteroatoms. The van der Waals surface area contributed by atoms with Crippen LogP contribution in [-0.2, 0) is 6.42 Å². The van der Waals surface area contributed by atoms with Gasteiger partial charge in [0, 0.05) is 17.1 Å². The third-order valence-corrected chi connectivity index (χ3v) is 5.68. The zero-order valence-corrected chi connectivity index (χ0v) is 19.6. The number of unbranched alkanes of at least 4 members (excludes halogenated alkanes) is 4. The minimum Gasteiger partial charge on any atom is -0.490 e. The van der Waals surface area contributed by atoms with E-state index in [1.165, 1.54) is 31.2 Å². The smallest absolute Gasteiger partial charge is 0.161 e. The van der Waals surface area contributed by atoms with E-state index in [1.807, 2.05) is 24.3 Å². The van der Waals surface area contributed by atoms with E-state index in [9.17, 15) is 0 Å². The van der Waals surface area contributed by atoms with Crippen LogP contribution in [0.2, 0.25) is 5.02 Å². The van der Waals surface area contributed by atoms with Crippen LogP contribution in [0.5, 0.6) is 11.5 Å². The van der Waals surface area contributed by atoms with Gasteiger partial charge in [0.2, 0.25) is 0 Å². The molecule has 31 heavy (non-hydrogen) atoms. The number of nitrogens with zero attached hydrogens (tertiary/aromatic N) is 1. The van der Waals surface area contributed by atoms with Crippen molar-refractivity contribution in [3.63, 3.8) is 0 Å². The number of allylic oxidation sites excluding steroid dienone is 1. The number of aliphatic imine (C=N–C) groups is 1. The first kappa shape index (κ1) is 23.4. The average Bonchev–Trinajstić information content (AvgIpc) is 2.79. The standard InChI is InChI=1S/C27H34ClNO2/c1-3-5-7-17-30-26-19-22-15-16-29-25(14-11-21-9-12-23(28)13-10-21)24(22)20-27(26)31-18-8-6-4-2/h9-14,19-20H,3-8,15-18H2,1-2H3/b14-11+. The van der Waals surface area contributed by atoms with Crippen LogP contribution in [0.3, 0.4) is 0 Å². The molecule has 2 aromatic rings. The Balaban J connectivity index is 1.81. The van der Waals surface area contributed by atoms with Gasteiger partial charge in [-0.3, -0.25) is 4.99 Å². The van der Waals surface area contributed by atoms with E-state index >= 15 is 0 Å². The Kier molecular flexibility index (Phi) is 9.48. The predicted molar refractivity (Wildman–Crippen MR) is 132 cm³/mol. The van der Waals surface area contributed by atoms with Gasteiger partial charge in [0.05, 0.1) is 18.9 Å². The summed E-state index contributed by atoms with van der Waals surface area (Å²) in [7, 11) is 0. The summed E-state index contributed by atoms with van der Waals surface area (Å²) in [4.78, 5) is 4.78. The molecule has 0 aromatic heterocycles. The first-order chi connectivity index (χ1) is 15.2. The molecule has 2 aromatic carbocycles. The van der Waals surface area contributed by atoms with Gasteiger partial charge in [0.1, 0.15) is 0 Å². The van der Waals surface area contributed by atoms with Gasteiger partial charge in [-0.2, -0.15) is 0 Å². The summed E-state index contributed by atoms with van der Waals surface area (Å²) >= 11 is 6.00. The number of fused-ring (bicyclic) bond motifs is 1. The maximum atomic E-state index is 6.17. The third kappa shape index (κ3) is 7.14. The van der Waals surface area contributed by atoms with Crippen LogP contribution in [0.1, 0.15) is 69.1 Å². The molecular formula is C27H34ClNO2. The Labute approximate surface area is 192 Å².